The standard InChI is InChI=1S/C24H17FN2O/c1-15-3-7-18(8-4-15)20-14-27-23-19(17-9-5-16(13-26)6-10-17)11-12-21(25)22(23)24(20)28-2/h3-12,14H,1-2H3. The topological polar surface area (TPSA) is 45.9 Å². The molecule has 0 amide bonds. The molecule has 0 aliphatic heterocycles. The van der Waals surface area contributed by atoms with Crippen molar-refractivity contribution in [2.24, 2.45) is 0 Å². The van der Waals surface area contributed by atoms with Gasteiger partial charge in [-0.25, -0.2) is 4.39 Å². The fourth-order valence-corrected chi connectivity index (χ4v) is 3.35. The van der Waals surface area contributed by atoms with Gasteiger partial charge < -0.3 is 4.74 Å². The second-order valence-corrected chi connectivity index (χ2v) is 6.58. The maximum Gasteiger partial charge on any atom is 0.140 e. The Morgan fingerprint density at radius 3 is 2.18 bits per heavy atom. The van der Waals surface area contributed by atoms with Crippen molar-refractivity contribution in [1.82, 2.24) is 4.98 Å². The van der Waals surface area contributed by atoms with Gasteiger partial charge in [0.1, 0.15) is 11.6 Å². The maximum atomic E-state index is 14.8. The molecular weight excluding hydrogens is 351 g/mol. The van der Waals surface area contributed by atoms with Crippen molar-refractivity contribution < 1.29 is 9.13 Å². The van der Waals surface area contributed by atoms with Gasteiger partial charge in [0, 0.05) is 17.3 Å². The van der Waals surface area contributed by atoms with E-state index in [0.717, 1.165) is 27.8 Å². The maximum absolute atomic E-state index is 14.8. The van der Waals surface area contributed by atoms with Gasteiger partial charge in [-0.1, -0.05) is 42.0 Å². The predicted molar refractivity (Wildman–Crippen MR) is 109 cm³/mol. The summed E-state index contributed by atoms with van der Waals surface area (Å²) in [7, 11) is 1.54. The second kappa shape index (κ2) is 7.13. The molecule has 28 heavy (non-hydrogen) atoms. The molecule has 0 saturated heterocycles. The second-order valence-electron chi connectivity index (χ2n) is 6.58. The number of fused-ring (bicyclic) bond motifs is 1. The number of hydrogen-bond acceptors (Lipinski definition) is 3. The highest BCUT2D eigenvalue weighted by Crippen LogP contribution is 2.40. The van der Waals surface area contributed by atoms with E-state index in [4.69, 9.17) is 10.00 Å². The lowest BCUT2D eigenvalue weighted by molar-refractivity contribution is 0.419. The van der Waals surface area contributed by atoms with Gasteiger partial charge >= 0.3 is 0 Å². The van der Waals surface area contributed by atoms with Crippen LogP contribution in [0.5, 0.6) is 5.75 Å². The number of nitriles is 1. The smallest absolute Gasteiger partial charge is 0.140 e. The Morgan fingerprint density at radius 2 is 1.54 bits per heavy atom. The molecule has 3 aromatic carbocycles. The zero-order valence-corrected chi connectivity index (χ0v) is 15.5. The van der Waals surface area contributed by atoms with E-state index < -0.39 is 0 Å². The number of halogens is 1. The number of benzene rings is 3. The summed E-state index contributed by atoms with van der Waals surface area (Å²) in [6, 6.07) is 20.4. The number of rotatable bonds is 3. The predicted octanol–water partition coefficient (Wildman–Crippen LogP) is 5.90. The van der Waals surface area contributed by atoms with Gasteiger partial charge in [0.05, 0.1) is 29.6 Å². The molecule has 0 saturated carbocycles. The highest BCUT2D eigenvalue weighted by atomic mass is 19.1. The van der Waals surface area contributed by atoms with Gasteiger partial charge in [-0.3, -0.25) is 4.98 Å². The minimum atomic E-state index is -0.384. The Hall–Kier alpha value is -3.71. The molecule has 136 valence electrons. The molecule has 1 heterocycles. The van der Waals surface area contributed by atoms with Crippen molar-refractivity contribution in [3.8, 4) is 34.1 Å². The fourth-order valence-electron chi connectivity index (χ4n) is 3.35. The van der Waals surface area contributed by atoms with Crippen molar-refractivity contribution in [2.45, 2.75) is 6.92 Å². The lowest BCUT2D eigenvalue weighted by Crippen LogP contribution is -1.96. The summed E-state index contributed by atoms with van der Waals surface area (Å²) in [5.74, 6) is 0.0764. The number of pyridine rings is 1. The van der Waals surface area contributed by atoms with Crippen LogP contribution in [0.25, 0.3) is 33.2 Å². The third-order valence-corrected chi connectivity index (χ3v) is 4.81. The summed E-state index contributed by atoms with van der Waals surface area (Å²) in [5.41, 5.74) is 5.55. The third-order valence-electron chi connectivity index (χ3n) is 4.81. The van der Waals surface area contributed by atoms with Gasteiger partial charge in [-0.2, -0.15) is 5.26 Å². The fraction of sp³-hybridized carbons (Fsp3) is 0.0833. The summed E-state index contributed by atoms with van der Waals surface area (Å²) >= 11 is 0. The number of methoxy groups -OCH3 is 1. The van der Waals surface area contributed by atoms with Gasteiger partial charge in [-0.15, -0.1) is 0 Å². The van der Waals surface area contributed by atoms with E-state index in [-0.39, 0.29) is 5.82 Å². The molecule has 0 atom stereocenters. The van der Waals surface area contributed by atoms with E-state index in [0.29, 0.717) is 22.2 Å². The van der Waals surface area contributed by atoms with E-state index >= 15 is 0 Å². The largest absolute Gasteiger partial charge is 0.495 e. The Bertz CT molecular complexity index is 1210. The average molecular weight is 368 g/mol. The molecule has 1 aromatic heterocycles. The minimum Gasteiger partial charge on any atom is -0.495 e. The Labute approximate surface area is 162 Å². The summed E-state index contributed by atoms with van der Waals surface area (Å²) in [6.45, 7) is 2.02. The van der Waals surface area contributed by atoms with Crippen molar-refractivity contribution in [3.05, 3.63) is 83.8 Å². The Kier molecular flexibility index (Phi) is 4.50. The van der Waals surface area contributed by atoms with E-state index in [1.165, 1.54) is 6.07 Å². The van der Waals surface area contributed by atoms with Gasteiger partial charge in [0.25, 0.3) is 0 Å². The van der Waals surface area contributed by atoms with Crippen molar-refractivity contribution in [1.29, 1.82) is 5.26 Å². The summed E-state index contributed by atoms with van der Waals surface area (Å²) in [6.07, 6.45) is 1.72. The monoisotopic (exact) mass is 368 g/mol. The number of aryl methyl sites for hydroxylation is 1. The molecule has 0 aliphatic rings. The number of hydrogen-bond donors (Lipinski definition) is 0. The highest BCUT2D eigenvalue weighted by Gasteiger charge is 2.18. The molecule has 3 nitrogen and oxygen atoms in total. The quantitative estimate of drug-likeness (QED) is 0.452. The lowest BCUT2D eigenvalue weighted by atomic mass is 9.97. The summed E-state index contributed by atoms with van der Waals surface area (Å²) < 4.78 is 20.5. The van der Waals surface area contributed by atoms with Gasteiger partial charge in [-0.05, 0) is 42.3 Å². The van der Waals surface area contributed by atoms with E-state index in [9.17, 15) is 4.39 Å². The van der Waals surface area contributed by atoms with Gasteiger partial charge in [0.15, 0.2) is 0 Å². The van der Waals surface area contributed by atoms with Gasteiger partial charge in [0.2, 0.25) is 0 Å². The Morgan fingerprint density at radius 1 is 0.893 bits per heavy atom. The van der Waals surface area contributed by atoms with Crippen LogP contribution < -0.4 is 4.74 Å². The Balaban J connectivity index is 1.97. The first kappa shape index (κ1) is 17.7. The lowest BCUT2D eigenvalue weighted by Gasteiger charge is -2.15. The van der Waals surface area contributed by atoms with Crippen LogP contribution in [-0.4, -0.2) is 12.1 Å². The van der Waals surface area contributed by atoms with Crippen LogP contribution >= 0.6 is 0 Å². The third kappa shape index (κ3) is 2.97. The molecule has 0 bridgehead atoms. The first-order valence-corrected chi connectivity index (χ1v) is 8.85. The van der Waals surface area contributed by atoms with E-state index in [1.54, 1.807) is 31.5 Å². The average Bonchev–Trinajstić information content (AvgIpc) is 2.74. The summed E-state index contributed by atoms with van der Waals surface area (Å²) in [5, 5.41) is 9.35. The highest BCUT2D eigenvalue weighted by molar-refractivity contribution is 6.00. The van der Waals surface area contributed by atoms with Crippen LogP contribution in [0.2, 0.25) is 0 Å². The van der Waals surface area contributed by atoms with E-state index in [1.807, 2.05) is 43.3 Å². The van der Waals surface area contributed by atoms with Crippen molar-refractivity contribution in [3.63, 3.8) is 0 Å². The zero-order valence-electron chi connectivity index (χ0n) is 15.5. The van der Waals surface area contributed by atoms with Crippen LogP contribution in [0.1, 0.15) is 11.1 Å². The summed E-state index contributed by atoms with van der Waals surface area (Å²) in [4.78, 5) is 4.58. The zero-order chi connectivity index (χ0) is 19.7. The van der Waals surface area contributed by atoms with Crippen LogP contribution in [0.15, 0.2) is 66.9 Å². The molecule has 0 unspecified atom stereocenters. The molecule has 0 spiro atoms. The molecule has 4 heteroatoms. The number of nitrogens with zero attached hydrogens (tertiary/aromatic N) is 2. The molecule has 0 radical (unpaired) electrons. The number of ether oxygens (including phenoxy) is 1. The van der Waals surface area contributed by atoms with E-state index in [2.05, 4.69) is 11.1 Å². The molecular formula is C24H17FN2O. The molecule has 0 fully saturated rings. The van der Waals surface area contributed by atoms with Crippen LogP contribution in [0.4, 0.5) is 4.39 Å². The van der Waals surface area contributed by atoms with Crippen LogP contribution in [0, 0.1) is 24.1 Å². The van der Waals surface area contributed by atoms with Crippen molar-refractivity contribution in [2.75, 3.05) is 7.11 Å². The molecule has 4 aromatic rings. The first-order valence-electron chi connectivity index (χ1n) is 8.85. The van der Waals surface area contributed by atoms with Crippen molar-refractivity contribution >= 4 is 10.9 Å². The molecule has 0 N–H and O–H groups in total. The van der Waals surface area contributed by atoms with Crippen LogP contribution in [0.3, 0.4) is 0 Å². The molecule has 0 aliphatic carbocycles. The first-order chi connectivity index (χ1) is 13.6. The van der Waals surface area contributed by atoms with Crippen LogP contribution in [-0.2, 0) is 0 Å². The normalized spacial score (nSPS) is 10.6. The molecule has 4 rings (SSSR count). The minimum absolute atomic E-state index is 0.349. The SMILES string of the molecule is COc1c(-c2ccc(C)cc2)cnc2c(-c3ccc(C#N)cc3)ccc(F)c12. The number of aromatic nitrogens is 1.